The van der Waals surface area contributed by atoms with E-state index in [4.69, 9.17) is 5.73 Å². The molecule has 0 amide bonds. The first-order valence-electron chi connectivity index (χ1n) is 6.92. The lowest BCUT2D eigenvalue weighted by molar-refractivity contribution is 0.862. The molecular weight excluding hydrogens is 260 g/mol. The van der Waals surface area contributed by atoms with E-state index in [-0.39, 0.29) is 0 Å². The van der Waals surface area contributed by atoms with Gasteiger partial charge in [0.15, 0.2) is 0 Å². The Morgan fingerprint density at radius 2 is 1.90 bits per heavy atom. The second kappa shape index (κ2) is 5.40. The van der Waals surface area contributed by atoms with E-state index in [1.807, 2.05) is 62.5 Å². The monoisotopic (exact) mass is 278 g/mol. The second-order valence-electron chi connectivity index (χ2n) is 5.25. The number of fused-ring (bicyclic) bond motifs is 1. The third kappa shape index (κ3) is 2.94. The molecule has 1 aromatic carbocycles. The molecule has 0 saturated carbocycles. The van der Waals surface area contributed by atoms with Gasteiger partial charge in [-0.2, -0.15) is 0 Å². The second-order valence-corrected chi connectivity index (χ2v) is 5.25. The molecule has 4 nitrogen and oxygen atoms in total. The topological polar surface area (TPSA) is 55.0 Å². The lowest BCUT2D eigenvalue weighted by Crippen LogP contribution is -2.18. The van der Waals surface area contributed by atoms with Crippen molar-refractivity contribution in [2.45, 2.75) is 13.5 Å². The van der Waals surface area contributed by atoms with Crippen molar-refractivity contribution in [2.75, 3.05) is 17.7 Å². The van der Waals surface area contributed by atoms with Gasteiger partial charge in [0.25, 0.3) is 0 Å². The van der Waals surface area contributed by atoms with Gasteiger partial charge < -0.3 is 10.6 Å². The number of hydrogen-bond acceptors (Lipinski definition) is 4. The van der Waals surface area contributed by atoms with Crippen LogP contribution in [0, 0.1) is 6.92 Å². The molecule has 3 rings (SSSR count). The maximum absolute atomic E-state index is 5.79. The summed E-state index contributed by atoms with van der Waals surface area (Å²) in [5, 5.41) is 1.06. The molecule has 0 bridgehead atoms. The van der Waals surface area contributed by atoms with Crippen LogP contribution in [0.3, 0.4) is 0 Å². The molecule has 0 aliphatic heterocycles. The van der Waals surface area contributed by atoms with E-state index in [1.54, 1.807) is 0 Å². The van der Waals surface area contributed by atoms with Crippen LogP contribution in [0.15, 0.2) is 48.5 Å². The first kappa shape index (κ1) is 13.4. The lowest BCUT2D eigenvalue weighted by atomic mass is 10.2. The summed E-state index contributed by atoms with van der Waals surface area (Å²) in [5.74, 6) is 0.926. The molecule has 106 valence electrons. The summed E-state index contributed by atoms with van der Waals surface area (Å²) < 4.78 is 0. The van der Waals surface area contributed by atoms with Crippen LogP contribution in [-0.2, 0) is 6.54 Å². The van der Waals surface area contributed by atoms with Crippen molar-refractivity contribution in [2.24, 2.45) is 0 Å². The number of aryl methyl sites for hydroxylation is 1. The standard InChI is InChI=1S/C17H18N4/c1-12-4-3-5-15(19-12)11-21(2)17-9-6-13-10-14(18)7-8-16(13)20-17/h3-10H,11,18H2,1-2H3. The molecule has 21 heavy (non-hydrogen) atoms. The molecule has 0 unspecified atom stereocenters. The number of hydrogen-bond donors (Lipinski definition) is 1. The number of benzene rings is 1. The van der Waals surface area contributed by atoms with Crippen molar-refractivity contribution in [3.8, 4) is 0 Å². The highest BCUT2D eigenvalue weighted by atomic mass is 15.2. The van der Waals surface area contributed by atoms with Crippen LogP contribution in [0.4, 0.5) is 11.5 Å². The molecule has 0 radical (unpaired) electrons. The van der Waals surface area contributed by atoms with Gasteiger partial charge in [-0.25, -0.2) is 4.98 Å². The third-order valence-electron chi connectivity index (χ3n) is 3.43. The van der Waals surface area contributed by atoms with Crippen LogP contribution < -0.4 is 10.6 Å². The van der Waals surface area contributed by atoms with Gasteiger partial charge in [0, 0.05) is 23.8 Å². The minimum absolute atomic E-state index is 0.731. The number of aromatic nitrogens is 2. The lowest BCUT2D eigenvalue weighted by Gasteiger charge is -2.18. The van der Waals surface area contributed by atoms with E-state index in [2.05, 4.69) is 14.9 Å². The van der Waals surface area contributed by atoms with Crippen molar-refractivity contribution in [3.05, 3.63) is 59.9 Å². The molecule has 0 fully saturated rings. The zero-order valence-corrected chi connectivity index (χ0v) is 12.2. The van der Waals surface area contributed by atoms with E-state index in [0.717, 1.165) is 40.3 Å². The van der Waals surface area contributed by atoms with E-state index in [9.17, 15) is 0 Å². The Kier molecular flexibility index (Phi) is 3.44. The number of rotatable bonds is 3. The normalized spacial score (nSPS) is 10.8. The fourth-order valence-electron chi connectivity index (χ4n) is 2.36. The zero-order valence-electron chi connectivity index (χ0n) is 12.2. The summed E-state index contributed by atoms with van der Waals surface area (Å²) in [6.45, 7) is 2.73. The largest absolute Gasteiger partial charge is 0.399 e. The van der Waals surface area contributed by atoms with Crippen LogP contribution in [0.25, 0.3) is 10.9 Å². The van der Waals surface area contributed by atoms with Crippen LogP contribution in [0.1, 0.15) is 11.4 Å². The molecule has 0 saturated heterocycles. The van der Waals surface area contributed by atoms with Crippen molar-refractivity contribution in [3.63, 3.8) is 0 Å². The minimum Gasteiger partial charge on any atom is -0.399 e. The van der Waals surface area contributed by atoms with Gasteiger partial charge in [0.2, 0.25) is 0 Å². The Bertz CT molecular complexity index is 783. The summed E-state index contributed by atoms with van der Waals surface area (Å²) in [5.41, 5.74) is 9.57. The van der Waals surface area contributed by atoms with Crippen molar-refractivity contribution in [1.29, 1.82) is 0 Å². The molecule has 0 spiro atoms. The van der Waals surface area contributed by atoms with Crippen molar-refractivity contribution in [1.82, 2.24) is 9.97 Å². The maximum atomic E-state index is 5.79. The highest BCUT2D eigenvalue weighted by Crippen LogP contribution is 2.20. The number of pyridine rings is 2. The van der Waals surface area contributed by atoms with Crippen LogP contribution in [0.5, 0.6) is 0 Å². The van der Waals surface area contributed by atoms with Gasteiger partial charge >= 0.3 is 0 Å². The summed E-state index contributed by atoms with van der Waals surface area (Å²) in [7, 11) is 2.02. The smallest absolute Gasteiger partial charge is 0.129 e. The van der Waals surface area contributed by atoms with Crippen molar-refractivity contribution >= 4 is 22.4 Å². The summed E-state index contributed by atoms with van der Waals surface area (Å²) >= 11 is 0. The van der Waals surface area contributed by atoms with Gasteiger partial charge in [-0.15, -0.1) is 0 Å². The quantitative estimate of drug-likeness (QED) is 0.748. The number of anilines is 2. The molecule has 0 atom stereocenters. The Morgan fingerprint density at radius 3 is 2.71 bits per heavy atom. The predicted molar refractivity (Wildman–Crippen MR) is 87.2 cm³/mol. The Hall–Kier alpha value is -2.62. The van der Waals surface area contributed by atoms with Crippen molar-refractivity contribution < 1.29 is 0 Å². The van der Waals surface area contributed by atoms with E-state index in [0.29, 0.717) is 0 Å². The fraction of sp³-hybridized carbons (Fsp3) is 0.176. The molecule has 3 aromatic rings. The highest BCUT2D eigenvalue weighted by Gasteiger charge is 2.06. The Labute approximate surface area is 124 Å². The maximum Gasteiger partial charge on any atom is 0.129 e. The minimum atomic E-state index is 0.731. The first-order chi connectivity index (χ1) is 10.1. The fourth-order valence-corrected chi connectivity index (χ4v) is 2.36. The van der Waals surface area contributed by atoms with E-state index in [1.165, 1.54) is 0 Å². The van der Waals surface area contributed by atoms with Gasteiger partial charge in [0.1, 0.15) is 5.82 Å². The van der Waals surface area contributed by atoms with Crippen LogP contribution in [-0.4, -0.2) is 17.0 Å². The van der Waals surface area contributed by atoms with E-state index < -0.39 is 0 Å². The van der Waals surface area contributed by atoms with Gasteiger partial charge in [-0.05, 0) is 49.4 Å². The molecule has 2 N–H and O–H groups in total. The molecule has 2 aromatic heterocycles. The first-order valence-corrected chi connectivity index (χ1v) is 6.92. The Morgan fingerprint density at radius 1 is 1.05 bits per heavy atom. The number of nitrogens with two attached hydrogens (primary N) is 1. The predicted octanol–water partition coefficient (Wildman–Crippen LogP) is 3.16. The molecule has 2 heterocycles. The summed E-state index contributed by atoms with van der Waals surface area (Å²) in [6, 6.07) is 15.9. The zero-order chi connectivity index (χ0) is 14.8. The summed E-state index contributed by atoms with van der Waals surface area (Å²) in [4.78, 5) is 11.3. The molecule has 0 aliphatic carbocycles. The van der Waals surface area contributed by atoms with E-state index >= 15 is 0 Å². The Balaban J connectivity index is 1.87. The van der Waals surface area contributed by atoms with Gasteiger partial charge in [0.05, 0.1) is 17.8 Å². The SMILES string of the molecule is Cc1cccc(CN(C)c2ccc3cc(N)ccc3n2)n1. The van der Waals surface area contributed by atoms with Crippen LogP contribution in [0.2, 0.25) is 0 Å². The average Bonchev–Trinajstić information content (AvgIpc) is 2.46. The van der Waals surface area contributed by atoms with Gasteiger partial charge in [-0.1, -0.05) is 6.07 Å². The highest BCUT2D eigenvalue weighted by molar-refractivity contribution is 5.83. The third-order valence-corrected chi connectivity index (χ3v) is 3.43. The summed E-state index contributed by atoms with van der Waals surface area (Å²) in [6.07, 6.45) is 0. The van der Waals surface area contributed by atoms with Gasteiger partial charge in [-0.3, -0.25) is 4.98 Å². The molecule has 0 aliphatic rings. The number of nitrogens with zero attached hydrogens (tertiary/aromatic N) is 3. The van der Waals surface area contributed by atoms with Crippen LogP contribution >= 0.6 is 0 Å². The molecular formula is C17H18N4. The molecule has 4 heteroatoms. The average molecular weight is 278 g/mol. The number of nitrogen functional groups attached to an aromatic ring is 1.